The van der Waals surface area contributed by atoms with E-state index in [-0.39, 0.29) is 22.3 Å². The summed E-state index contributed by atoms with van der Waals surface area (Å²) in [6, 6.07) is 3.63. The minimum atomic E-state index is -3.66. The first-order chi connectivity index (χ1) is 9.33. The van der Waals surface area contributed by atoms with Crippen LogP contribution in [0, 0.1) is 16.0 Å². The summed E-state index contributed by atoms with van der Waals surface area (Å²) in [5.74, 6) is 0.531. The molecule has 20 heavy (non-hydrogen) atoms. The predicted molar refractivity (Wildman–Crippen MR) is 75.2 cm³/mol. The molecule has 1 fully saturated rings. The van der Waals surface area contributed by atoms with E-state index in [0.717, 1.165) is 12.8 Å². The van der Waals surface area contributed by atoms with Crippen molar-refractivity contribution in [3.63, 3.8) is 0 Å². The molecule has 0 aliphatic heterocycles. The maximum absolute atomic E-state index is 12.3. The number of sulfonamides is 1. The molecule has 1 aliphatic rings. The van der Waals surface area contributed by atoms with Crippen LogP contribution in [0.2, 0.25) is 0 Å². The van der Waals surface area contributed by atoms with Gasteiger partial charge in [-0.1, -0.05) is 6.92 Å². The zero-order valence-electron chi connectivity index (χ0n) is 11.3. The molecular formula is C12H17N3O4S. The second-order valence-electron chi connectivity index (χ2n) is 5.08. The van der Waals surface area contributed by atoms with Gasteiger partial charge in [-0.25, -0.2) is 13.1 Å². The van der Waals surface area contributed by atoms with Gasteiger partial charge in [0.2, 0.25) is 10.0 Å². The number of benzene rings is 1. The molecule has 0 spiro atoms. The maximum Gasteiger partial charge on any atom is 0.271 e. The number of rotatable bonds is 5. The lowest BCUT2D eigenvalue weighted by Gasteiger charge is -2.33. The van der Waals surface area contributed by atoms with Gasteiger partial charge in [0.25, 0.3) is 5.69 Å². The normalized spacial score (nSPS) is 22.1. The van der Waals surface area contributed by atoms with Gasteiger partial charge in [-0.05, 0) is 24.8 Å². The molecule has 1 aliphatic carbocycles. The summed E-state index contributed by atoms with van der Waals surface area (Å²) in [6.45, 7) is 2.07. The fourth-order valence-corrected chi connectivity index (χ4v) is 3.80. The number of nitrogens with zero attached hydrogens (tertiary/aromatic N) is 1. The molecule has 0 bridgehead atoms. The molecule has 1 aromatic rings. The molecule has 0 aromatic heterocycles. The highest BCUT2D eigenvalue weighted by atomic mass is 32.2. The van der Waals surface area contributed by atoms with Crippen LogP contribution < -0.4 is 10.0 Å². The zero-order chi connectivity index (χ0) is 14.9. The number of hydrogen-bond donors (Lipinski definition) is 2. The smallest absolute Gasteiger partial charge is 0.271 e. The Hall–Kier alpha value is -1.67. The number of non-ortho nitro benzene ring substituents is 1. The Labute approximate surface area is 117 Å². The predicted octanol–water partition coefficient (Wildman–Crippen LogP) is 1.71. The molecule has 2 N–H and O–H groups in total. The first-order valence-corrected chi connectivity index (χ1v) is 7.80. The van der Waals surface area contributed by atoms with E-state index < -0.39 is 14.9 Å². The third kappa shape index (κ3) is 2.91. The highest BCUT2D eigenvalue weighted by Crippen LogP contribution is 2.30. The van der Waals surface area contributed by atoms with Gasteiger partial charge < -0.3 is 5.32 Å². The molecule has 0 saturated heterocycles. The van der Waals surface area contributed by atoms with Crippen molar-refractivity contribution in [3.05, 3.63) is 28.3 Å². The van der Waals surface area contributed by atoms with Gasteiger partial charge in [0.05, 0.1) is 10.6 Å². The van der Waals surface area contributed by atoms with Crippen molar-refractivity contribution in [2.75, 3.05) is 12.4 Å². The topological polar surface area (TPSA) is 101 Å². The number of hydrogen-bond acceptors (Lipinski definition) is 5. The fraction of sp³-hybridized carbons (Fsp3) is 0.500. The van der Waals surface area contributed by atoms with E-state index in [1.807, 2.05) is 0 Å². The second kappa shape index (κ2) is 5.37. The lowest BCUT2D eigenvalue weighted by Crippen LogP contribution is -2.43. The van der Waals surface area contributed by atoms with Crippen LogP contribution in [-0.2, 0) is 10.0 Å². The van der Waals surface area contributed by atoms with Crippen LogP contribution in [0.25, 0.3) is 0 Å². The van der Waals surface area contributed by atoms with E-state index in [0.29, 0.717) is 5.92 Å². The minimum absolute atomic E-state index is 0.0325. The van der Waals surface area contributed by atoms with Crippen LogP contribution in [0.3, 0.4) is 0 Å². The van der Waals surface area contributed by atoms with Crippen LogP contribution in [0.5, 0.6) is 0 Å². The Balaban J connectivity index is 2.28. The quantitative estimate of drug-likeness (QED) is 0.636. The zero-order valence-corrected chi connectivity index (χ0v) is 12.1. The molecule has 1 aromatic carbocycles. The maximum atomic E-state index is 12.3. The summed E-state index contributed by atoms with van der Waals surface area (Å²) in [4.78, 5) is 10.2. The number of anilines is 1. The summed E-state index contributed by atoms with van der Waals surface area (Å²) in [5.41, 5.74) is 0.0737. The van der Waals surface area contributed by atoms with Gasteiger partial charge in [0, 0.05) is 25.2 Å². The Morgan fingerprint density at radius 1 is 1.35 bits per heavy atom. The first-order valence-electron chi connectivity index (χ1n) is 6.32. The van der Waals surface area contributed by atoms with E-state index in [1.165, 1.54) is 25.2 Å². The van der Waals surface area contributed by atoms with Gasteiger partial charge in [-0.15, -0.1) is 0 Å². The Morgan fingerprint density at radius 3 is 2.50 bits per heavy atom. The third-order valence-corrected chi connectivity index (χ3v) is 5.01. The number of nitrogens with one attached hydrogen (secondary N) is 2. The highest BCUT2D eigenvalue weighted by Gasteiger charge is 2.31. The molecule has 2 rings (SSSR count). The molecule has 0 atom stereocenters. The van der Waals surface area contributed by atoms with Crippen molar-refractivity contribution < 1.29 is 13.3 Å². The average molecular weight is 299 g/mol. The summed E-state index contributed by atoms with van der Waals surface area (Å²) < 4.78 is 27.2. The molecule has 0 amide bonds. The Morgan fingerprint density at radius 2 is 2.00 bits per heavy atom. The molecular weight excluding hydrogens is 282 g/mol. The Bertz CT molecular complexity index is 624. The molecule has 0 radical (unpaired) electrons. The van der Waals surface area contributed by atoms with Gasteiger partial charge in [-0.2, -0.15) is 0 Å². The monoisotopic (exact) mass is 299 g/mol. The number of nitro benzene ring substituents is 1. The van der Waals surface area contributed by atoms with E-state index in [9.17, 15) is 18.5 Å². The number of nitro groups is 1. The largest absolute Gasteiger partial charge is 0.387 e. The van der Waals surface area contributed by atoms with Gasteiger partial charge >= 0.3 is 0 Å². The van der Waals surface area contributed by atoms with Crippen molar-refractivity contribution in [1.29, 1.82) is 0 Å². The van der Waals surface area contributed by atoms with E-state index in [4.69, 9.17) is 0 Å². The molecule has 7 nitrogen and oxygen atoms in total. The SMILES string of the molecule is CNc1cc([N+](=O)[O-])ccc1S(=O)(=O)NC1CC(C)C1. The summed E-state index contributed by atoms with van der Waals surface area (Å²) in [5, 5.41) is 13.4. The molecule has 0 unspecified atom stereocenters. The van der Waals surface area contributed by atoms with Gasteiger partial charge in [-0.3, -0.25) is 10.1 Å². The molecule has 1 saturated carbocycles. The van der Waals surface area contributed by atoms with Crippen molar-refractivity contribution in [2.24, 2.45) is 5.92 Å². The summed E-state index contributed by atoms with van der Waals surface area (Å²) >= 11 is 0. The second-order valence-corrected chi connectivity index (χ2v) is 6.76. The summed E-state index contributed by atoms with van der Waals surface area (Å²) in [6.07, 6.45) is 1.64. The van der Waals surface area contributed by atoms with Crippen molar-refractivity contribution in [2.45, 2.75) is 30.7 Å². The van der Waals surface area contributed by atoms with E-state index >= 15 is 0 Å². The lowest BCUT2D eigenvalue weighted by atomic mass is 9.83. The lowest BCUT2D eigenvalue weighted by molar-refractivity contribution is -0.384. The average Bonchev–Trinajstić information content (AvgIpc) is 2.35. The van der Waals surface area contributed by atoms with E-state index in [1.54, 1.807) is 0 Å². The molecule has 0 heterocycles. The van der Waals surface area contributed by atoms with Crippen LogP contribution in [0.4, 0.5) is 11.4 Å². The van der Waals surface area contributed by atoms with Gasteiger partial charge in [0.1, 0.15) is 4.90 Å². The standard InChI is InChI=1S/C12H17N3O4S/c1-8-5-9(6-8)14-20(18,19)12-4-3-10(15(16)17)7-11(12)13-2/h3-4,7-9,13-14H,5-6H2,1-2H3. The van der Waals surface area contributed by atoms with Crippen LogP contribution in [0.15, 0.2) is 23.1 Å². The summed E-state index contributed by atoms with van der Waals surface area (Å²) in [7, 11) is -2.13. The minimum Gasteiger partial charge on any atom is -0.387 e. The van der Waals surface area contributed by atoms with Gasteiger partial charge in [0.15, 0.2) is 0 Å². The first kappa shape index (κ1) is 14.7. The van der Waals surface area contributed by atoms with Crippen molar-refractivity contribution in [1.82, 2.24) is 4.72 Å². The molecule has 8 heteroatoms. The van der Waals surface area contributed by atoms with Crippen molar-refractivity contribution >= 4 is 21.4 Å². The van der Waals surface area contributed by atoms with E-state index in [2.05, 4.69) is 17.0 Å². The van der Waals surface area contributed by atoms with Crippen LogP contribution in [0.1, 0.15) is 19.8 Å². The Kier molecular flexibility index (Phi) is 3.96. The third-order valence-electron chi connectivity index (χ3n) is 3.43. The fourth-order valence-electron chi connectivity index (χ4n) is 2.34. The van der Waals surface area contributed by atoms with Crippen molar-refractivity contribution in [3.8, 4) is 0 Å². The van der Waals surface area contributed by atoms with Crippen LogP contribution in [-0.4, -0.2) is 26.4 Å². The molecule has 110 valence electrons. The highest BCUT2D eigenvalue weighted by molar-refractivity contribution is 7.89. The van der Waals surface area contributed by atoms with Crippen LogP contribution >= 0.6 is 0 Å².